The van der Waals surface area contributed by atoms with Crippen LogP contribution in [0.2, 0.25) is 0 Å². The first-order valence-corrected chi connectivity index (χ1v) is 9.09. The van der Waals surface area contributed by atoms with Crippen LogP contribution in [0.25, 0.3) is 0 Å². The third kappa shape index (κ3) is 3.79. The van der Waals surface area contributed by atoms with E-state index in [1.54, 1.807) is 17.8 Å². The molecule has 1 saturated heterocycles. The van der Waals surface area contributed by atoms with Crippen molar-refractivity contribution in [2.75, 3.05) is 31.9 Å². The molecule has 0 bridgehead atoms. The number of nitrogens with one attached hydrogen (secondary N) is 1. The van der Waals surface area contributed by atoms with Crippen LogP contribution in [0.5, 0.6) is 0 Å². The summed E-state index contributed by atoms with van der Waals surface area (Å²) in [5.41, 5.74) is 1.15. The molecule has 0 radical (unpaired) electrons. The number of nitrogens with zero attached hydrogens (tertiary/aromatic N) is 1. The number of hydrogen-bond acceptors (Lipinski definition) is 3. The van der Waals surface area contributed by atoms with Crippen LogP contribution in [0, 0.1) is 11.7 Å². The highest BCUT2D eigenvalue weighted by Gasteiger charge is 2.23. The molecule has 21 heavy (non-hydrogen) atoms. The molecular formula is C17H25FN2S. The molecular weight excluding hydrogens is 283 g/mol. The molecule has 1 fully saturated rings. The third-order valence-corrected chi connectivity index (χ3v) is 5.67. The fourth-order valence-corrected chi connectivity index (χ4v) is 4.55. The fourth-order valence-electron chi connectivity index (χ4n) is 3.41. The number of likely N-dealkylation sites (tertiary alicyclic amines) is 1. The van der Waals surface area contributed by atoms with E-state index in [1.165, 1.54) is 32.5 Å². The van der Waals surface area contributed by atoms with Gasteiger partial charge in [-0.1, -0.05) is 19.1 Å². The number of thioether (sulfide) groups is 1. The van der Waals surface area contributed by atoms with Gasteiger partial charge in [-0.25, -0.2) is 4.39 Å². The molecule has 0 spiro atoms. The zero-order valence-electron chi connectivity index (χ0n) is 12.8. The van der Waals surface area contributed by atoms with Crippen molar-refractivity contribution in [3.63, 3.8) is 0 Å². The van der Waals surface area contributed by atoms with Crippen LogP contribution in [-0.2, 0) is 0 Å². The van der Waals surface area contributed by atoms with Gasteiger partial charge in [-0.2, -0.15) is 0 Å². The van der Waals surface area contributed by atoms with E-state index >= 15 is 0 Å². The molecule has 2 atom stereocenters. The van der Waals surface area contributed by atoms with Crippen LogP contribution in [0.4, 0.5) is 4.39 Å². The van der Waals surface area contributed by atoms with Gasteiger partial charge in [0.15, 0.2) is 0 Å². The summed E-state index contributed by atoms with van der Waals surface area (Å²) in [6, 6.07) is 5.80. The third-order valence-electron chi connectivity index (χ3n) is 4.51. The zero-order valence-corrected chi connectivity index (χ0v) is 13.6. The minimum atomic E-state index is -0.0610. The molecule has 3 rings (SSSR count). The van der Waals surface area contributed by atoms with Gasteiger partial charge in [0.1, 0.15) is 5.82 Å². The average Bonchev–Trinajstić information content (AvgIpc) is 2.98. The monoisotopic (exact) mass is 308 g/mol. The van der Waals surface area contributed by atoms with Crippen molar-refractivity contribution < 1.29 is 4.39 Å². The molecule has 1 aromatic rings. The van der Waals surface area contributed by atoms with Crippen LogP contribution in [0.1, 0.15) is 37.8 Å². The lowest BCUT2D eigenvalue weighted by atomic mass is 10.0. The van der Waals surface area contributed by atoms with E-state index in [0.717, 1.165) is 29.2 Å². The SMILES string of the molecule is CC(CNC1CCSc2c(F)cccc21)CN1CCCC1. The van der Waals surface area contributed by atoms with Gasteiger partial charge in [-0.3, -0.25) is 0 Å². The number of rotatable bonds is 5. The molecule has 2 aliphatic heterocycles. The van der Waals surface area contributed by atoms with Gasteiger partial charge in [0.25, 0.3) is 0 Å². The maximum Gasteiger partial charge on any atom is 0.137 e. The Labute approximate surface area is 131 Å². The predicted molar refractivity (Wildman–Crippen MR) is 87.3 cm³/mol. The number of halogens is 1. The smallest absolute Gasteiger partial charge is 0.137 e. The summed E-state index contributed by atoms with van der Waals surface area (Å²) in [5.74, 6) is 1.59. The molecule has 116 valence electrons. The summed E-state index contributed by atoms with van der Waals surface area (Å²) in [7, 11) is 0. The first-order chi connectivity index (χ1) is 10.2. The quantitative estimate of drug-likeness (QED) is 0.893. The molecule has 1 aromatic carbocycles. The highest BCUT2D eigenvalue weighted by Crippen LogP contribution is 2.37. The van der Waals surface area contributed by atoms with E-state index in [9.17, 15) is 4.39 Å². The van der Waals surface area contributed by atoms with Gasteiger partial charge < -0.3 is 10.2 Å². The molecule has 2 heterocycles. The Balaban J connectivity index is 1.55. The number of fused-ring (bicyclic) bond motifs is 1. The molecule has 0 aromatic heterocycles. The summed E-state index contributed by atoms with van der Waals surface area (Å²) in [6.07, 6.45) is 3.80. The van der Waals surface area contributed by atoms with Crippen molar-refractivity contribution >= 4 is 11.8 Å². The molecule has 0 aliphatic carbocycles. The Morgan fingerprint density at radius 3 is 3.00 bits per heavy atom. The first-order valence-electron chi connectivity index (χ1n) is 8.11. The first kappa shape index (κ1) is 15.3. The Morgan fingerprint density at radius 2 is 2.19 bits per heavy atom. The Hall–Kier alpha value is -0.580. The lowest BCUT2D eigenvalue weighted by Crippen LogP contribution is -2.34. The summed E-state index contributed by atoms with van der Waals surface area (Å²) >= 11 is 1.66. The number of benzene rings is 1. The van der Waals surface area contributed by atoms with Gasteiger partial charge in [0.05, 0.1) is 0 Å². The van der Waals surface area contributed by atoms with E-state index in [1.807, 2.05) is 6.07 Å². The molecule has 2 aliphatic rings. The minimum Gasteiger partial charge on any atom is -0.310 e. The highest BCUT2D eigenvalue weighted by atomic mass is 32.2. The minimum absolute atomic E-state index is 0.0610. The van der Waals surface area contributed by atoms with E-state index in [-0.39, 0.29) is 5.82 Å². The Kier molecular flexibility index (Phi) is 5.19. The van der Waals surface area contributed by atoms with Crippen LogP contribution >= 0.6 is 11.8 Å². The zero-order chi connectivity index (χ0) is 14.7. The second-order valence-electron chi connectivity index (χ2n) is 6.37. The van der Waals surface area contributed by atoms with E-state index in [0.29, 0.717) is 12.0 Å². The summed E-state index contributed by atoms with van der Waals surface area (Å²) in [4.78, 5) is 3.42. The van der Waals surface area contributed by atoms with Crippen LogP contribution in [0.3, 0.4) is 0 Å². The van der Waals surface area contributed by atoms with Crippen molar-refractivity contribution in [1.82, 2.24) is 10.2 Å². The standard InChI is InChI=1S/C17H25FN2S/c1-13(12-20-8-2-3-9-20)11-19-16-7-10-21-17-14(16)5-4-6-15(17)18/h4-6,13,16,19H,2-3,7-12H2,1H3. The lowest BCUT2D eigenvalue weighted by molar-refractivity contribution is 0.276. The van der Waals surface area contributed by atoms with E-state index in [2.05, 4.69) is 23.2 Å². The molecule has 2 unspecified atom stereocenters. The Bertz CT molecular complexity index is 474. The topological polar surface area (TPSA) is 15.3 Å². The fraction of sp³-hybridized carbons (Fsp3) is 0.647. The second kappa shape index (κ2) is 7.12. The van der Waals surface area contributed by atoms with Crippen molar-refractivity contribution in [3.05, 3.63) is 29.6 Å². The largest absolute Gasteiger partial charge is 0.310 e. The molecule has 4 heteroatoms. The van der Waals surface area contributed by atoms with Gasteiger partial charge >= 0.3 is 0 Å². The van der Waals surface area contributed by atoms with E-state index in [4.69, 9.17) is 0 Å². The van der Waals surface area contributed by atoms with Gasteiger partial charge in [0.2, 0.25) is 0 Å². The van der Waals surface area contributed by atoms with Crippen LogP contribution in [-0.4, -0.2) is 36.8 Å². The lowest BCUT2D eigenvalue weighted by Gasteiger charge is -2.28. The summed E-state index contributed by atoms with van der Waals surface area (Å²) in [6.45, 7) is 7.04. The van der Waals surface area contributed by atoms with Gasteiger partial charge in [-0.15, -0.1) is 11.8 Å². The maximum atomic E-state index is 13.9. The maximum absolute atomic E-state index is 13.9. The van der Waals surface area contributed by atoms with Crippen molar-refractivity contribution in [2.45, 2.75) is 37.1 Å². The summed E-state index contributed by atoms with van der Waals surface area (Å²) < 4.78 is 13.9. The molecule has 0 saturated carbocycles. The van der Waals surface area contributed by atoms with Gasteiger partial charge in [-0.05, 0) is 62.2 Å². The van der Waals surface area contributed by atoms with Crippen LogP contribution in [0.15, 0.2) is 23.1 Å². The molecule has 0 amide bonds. The normalized spacial score (nSPS) is 24.0. The summed E-state index contributed by atoms with van der Waals surface area (Å²) in [5, 5.41) is 3.67. The Morgan fingerprint density at radius 1 is 1.38 bits per heavy atom. The average molecular weight is 308 g/mol. The van der Waals surface area contributed by atoms with Crippen molar-refractivity contribution in [2.24, 2.45) is 5.92 Å². The van der Waals surface area contributed by atoms with Crippen molar-refractivity contribution in [3.8, 4) is 0 Å². The molecule has 2 nitrogen and oxygen atoms in total. The second-order valence-corrected chi connectivity index (χ2v) is 7.47. The van der Waals surface area contributed by atoms with Crippen molar-refractivity contribution in [1.29, 1.82) is 0 Å². The molecule has 1 N–H and O–H groups in total. The number of hydrogen-bond donors (Lipinski definition) is 1. The van der Waals surface area contributed by atoms with E-state index < -0.39 is 0 Å². The highest BCUT2D eigenvalue weighted by molar-refractivity contribution is 7.99. The van der Waals surface area contributed by atoms with Gasteiger partial charge in [0, 0.05) is 17.5 Å². The predicted octanol–water partition coefficient (Wildman–Crippen LogP) is 3.68. The van der Waals surface area contributed by atoms with Crippen LogP contribution < -0.4 is 5.32 Å².